The number of aliphatic imine (C=N–C) groups is 1. The molecule has 2 aromatic rings. The second kappa shape index (κ2) is 6.49. The molecule has 1 aliphatic heterocycles. The summed E-state index contributed by atoms with van der Waals surface area (Å²) in [5, 5.41) is 43.1. The van der Waals surface area contributed by atoms with Crippen LogP contribution in [0, 0.1) is 0 Å². The SMILES string of the molecule is NC1=NN=CC1=Nc1cc(Nc2cnn(CCO)c2N)c(O)cc1O. The number of aromatic nitrogens is 2. The predicted octanol–water partition coefficient (Wildman–Crippen LogP) is 0.0415. The number of nitrogens with zero attached hydrogens (tertiary/aromatic N) is 5. The van der Waals surface area contributed by atoms with Crippen molar-refractivity contribution in [1.82, 2.24) is 9.78 Å². The molecule has 0 unspecified atom stereocenters. The lowest BCUT2D eigenvalue weighted by molar-refractivity contribution is 0.270. The fourth-order valence-electron chi connectivity index (χ4n) is 2.14. The number of hydrogen-bond donors (Lipinski definition) is 6. The highest BCUT2D eigenvalue weighted by Gasteiger charge is 2.14. The molecule has 0 atom stereocenters. The number of amidine groups is 1. The van der Waals surface area contributed by atoms with Gasteiger partial charge in [0.15, 0.2) is 5.84 Å². The number of nitrogens with one attached hydrogen (secondary N) is 1. The van der Waals surface area contributed by atoms with Gasteiger partial charge in [0.05, 0.1) is 31.3 Å². The van der Waals surface area contributed by atoms with Crippen LogP contribution < -0.4 is 16.8 Å². The van der Waals surface area contributed by atoms with E-state index in [1.165, 1.54) is 23.2 Å². The zero-order valence-corrected chi connectivity index (χ0v) is 13.0. The summed E-state index contributed by atoms with van der Waals surface area (Å²) < 4.78 is 1.41. The molecule has 1 aromatic heterocycles. The third kappa shape index (κ3) is 3.21. The van der Waals surface area contributed by atoms with Gasteiger partial charge in [-0.1, -0.05) is 0 Å². The number of phenolic OH excluding ortho intramolecular Hbond substituents is 2. The van der Waals surface area contributed by atoms with Crippen molar-refractivity contribution in [3.05, 3.63) is 18.3 Å². The molecule has 11 heteroatoms. The number of aromatic hydroxyl groups is 2. The Morgan fingerprint density at radius 2 is 1.96 bits per heavy atom. The van der Waals surface area contributed by atoms with Gasteiger partial charge in [-0.2, -0.15) is 10.2 Å². The Kier molecular flexibility index (Phi) is 4.22. The first-order chi connectivity index (χ1) is 12.0. The van der Waals surface area contributed by atoms with E-state index in [0.717, 1.165) is 6.07 Å². The molecule has 0 amide bonds. The highest BCUT2D eigenvalue weighted by molar-refractivity contribution is 6.63. The number of benzene rings is 1. The summed E-state index contributed by atoms with van der Waals surface area (Å²) in [5.41, 5.74) is 12.7. The summed E-state index contributed by atoms with van der Waals surface area (Å²) in [6.45, 7) is 0.133. The Hall–Kier alpha value is -3.60. The van der Waals surface area contributed by atoms with Crippen molar-refractivity contribution in [3.8, 4) is 11.5 Å². The maximum Gasteiger partial charge on any atom is 0.173 e. The number of nitrogen functional groups attached to an aromatic ring is 1. The molecule has 0 bridgehead atoms. The lowest BCUT2D eigenvalue weighted by Crippen LogP contribution is -2.21. The standard InChI is InChI=1S/C14H16N8O3/c15-13-9(5-17-21-13)19-7-3-8(12(25)4-11(7)24)20-10-6-18-22(1-2-23)14(10)16/h3-6,20,23-25H,1-2,16H2,(H2,15,19,21). The predicted molar refractivity (Wildman–Crippen MR) is 94.0 cm³/mol. The van der Waals surface area contributed by atoms with E-state index in [9.17, 15) is 10.2 Å². The molecule has 0 saturated carbocycles. The van der Waals surface area contributed by atoms with E-state index >= 15 is 0 Å². The molecule has 0 fully saturated rings. The second-order valence-electron chi connectivity index (χ2n) is 5.10. The number of anilines is 3. The van der Waals surface area contributed by atoms with Crippen LogP contribution in [0.15, 0.2) is 33.5 Å². The van der Waals surface area contributed by atoms with Crippen LogP contribution in [0.5, 0.6) is 11.5 Å². The summed E-state index contributed by atoms with van der Waals surface area (Å²) in [6, 6.07) is 2.55. The zero-order valence-electron chi connectivity index (χ0n) is 13.0. The van der Waals surface area contributed by atoms with E-state index in [1.54, 1.807) is 0 Å². The van der Waals surface area contributed by atoms with Gasteiger partial charge in [0, 0.05) is 6.07 Å². The third-order valence-electron chi connectivity index (χ3n) is 3.40. The molecule has 0 saturated heterocycles. The third-order valence-corrected chi connectivity index (χ3v) is 3.40. The van der Waals surface area contributed by atoms with Crippen molar-refractivity contribution in [2.75, 3.05) is 17.7 Å². The van der Waals surface area contributed by atoms with Gasteiger partial charge < -0.3 is 32.1 Å². The second-order valence-corrected chi connectivity index (χ2v) is 5.10. The number of aliphatic hydroxyl groups excluding tert-OH is 1. The van der Waals surface area contributed by atoms with Crippen molar-refractivity contribution in [2.24, 2.45) is 20.9 Å². The summed E-state index contributed by atoms with van der Waals surface area (Å²) >= 11 is 0. The quantitative estimate of drug-likeness (QED) is 0.327. The normalized spacial score (nSPS) is 14.9. The van der Waals surface area contributed by atoms with E-state index in [-0.39, 0.29) is 47.7 Å². The van der Waals surface area contributed by atoms with Crippen molar-refractivity contribution in [1.29, 1.82) is 0 Å². The number of hydrogen-bond acceptors (Lipinski definition) is 10. The van der Waals surface area contributed by atoms with Crippen LogP contribution in [0.2, 0.25) is 0 Å². The van der Waals surface area contributed by atoms with Gasteiger partial charge in [-0.3, -0.25) is 0 Å². The first-order valence-corrected chi connectivity index (χ1v) is 7.20. The van der Waals surface area contributed by atoms with E-state index in [4.69, 9.17) is 16.6 Å². The van der Waals surface area contributed by atoms with E-state index in [0.29, 0.717) is 11.4 Å². The Balaban J connectivity index is 1.93. The van der Waals surface area contributed by atoms with Gasteiger partial charge >= 0.3 is 0 Å². The van der Waals surface area contributed by atoms with Crippen LogP contribution in [-0.2, 0) is 6.54 Å². The van der Waals surface area contributed by atoms with E-state index < -0.39 is 0 Å². The highest BCUT2D eigenvalue weighted by Crippen LogP contribution is 2.39. The molecule has 2 heterocycles. The number of aliphatic hydroxyl groups is 1. The Morgan fingerprint density at radius 1 is 1.16 bits per heavy atom. The topological polar surface area (TPSA) is 180 Å². The van der Waals surface area contributed by atoms with Crippen molar-refractivity contribution >= 4 is 40.6 Å². The molecule has 0 aliphatic carbocycles. The fraction of sp³-hybridized carbons (Fsp3) is 0.143. The molecule has 0 spiro atoms. The van der Waals surface area contributed by atoms with Gasteiger partial charge in [0.25, 0.3) is 0 Å². The maximum atomic E-state index is 10.0. The number of rotatable bonds is 5. The Labute approximate surface area is 141 Å². The number of phenols is 2. The molecule has 3 rings (SSSR count). The summed E-state index contributed by atoms with van der Waals surface area (Å²) in [7, 11) is 0. The Bertz CT molecular complexity index is 900. The van der Waals surface area contributed by atoms with E-state index in [2.05, 4.69) is 25.6 Å². The van der Waals surface area contributed by atoms with Gasteiger partial charge in [-0.15, -0.1) is 5.10 Å². The lowest BCUT2D eigenvalue weighted by atomic mass is 10.2. The van der Waals surface area contributed by atoms with Gasteiger partial charge in [0.2, 0.25) is 0 Å². The average Bonchev–Trinajstić information content (AvgIpc) is 3.12. The van der Waals surface area contributed by atoms with Gasteiger partial charge in [0.1, 0.15) is 34.4 Å². The molecular formula is C14H16N8O3. The molecule has 1 aliphatic rings. The van der Waals surface area contributed by atoms with E-state index in [1.807, 2.05) is 0 Å². The Morgan fingerprint density at radius 3 is 2.64 bits per heavy atom. The lowest BCUT2D eigenvalue weighted by Gasteiger charge is -2.10. The van der Waals surface area contributed by atoms with Crippen LogP contribution in [0.25, 0.3) is 0 Å². The zero-order chi connectivity index (χ0) is 18.0. The van der Waals surface area contributed by atoms with Crippen molar-refractivity contribution < 1.29 is 15.3 Å². The van der Waals surface area contributed by atoms with Gasteiger partial charge in [-0.05, 0) is 6.07 Å². The molecular weight excluding hydrogens is 328 g/mol. The summed E-state index contributed by atoms with van der Waals surface area (Å²) in [4.78, 5) is 4.16. The average molecular weight is 344 g/mol. The maximum absolute atomic E-state index is 10.0. The first kappa shape index (κ1) is 16.3. The molecule has 11 nitrogen and oxygen atoms in total. The smallest absolute Gasteiger partial charge is 0.173 e. The minimum atomic E-state index is -0.243. The molecule has 1 aromatic carbocycles. The van der Waals surface area contributed by atoms with Crippen molar-refractivity contribution in [2.45, 2.75) is 6.54 Å². The van der Waals surface area contributed by atoms with Crippen LogP contribution in [-0.4, -0.2) is 49.5 Å². The molecule has 25 heavy (non-hydrogen) atoms. The monoisotopic (exact) mass is 344 g/mol. The molecule has 130 valence electrons. The molecule has 8 N–H and O–H groups in total. The van der Waals surface area contributed by atoms with Gasteiger partial charge in [-0.25, -0.2) is 9.67 Å². The first-order valence-electron chi connectivity index (χ1n) is 7.20. The highest BCUT2D eigenvalue weighted by atomic mass is 16.3. The minimum absolute atomic E-state index is 0.109. The van der Waals surface area contributed by atoms with Crippen LogP contribution in [0.4, 0.5) is 22.9 Å². The van der Waals surface area contributed by atoms with Crippen LogP contribution in [0.1, 0.15) is 0 Å². The summed E-state index contributed by atoms with van der Waals surface area (Å²) in [5.74, 6) is -0.0460. The number of nitrogens with two attached hydrogens (primary N) is 2. The van der Waals surface area contributed by atoms with Crippen LogP contribution in [0.3, 0.4) is 0 Å². The summed E-state index contributed by atoms with van der Waals surface area (Å²) in [6.07, 6.45) is 2.81. The van der Waals surface area contributed by atoms with Crippen LogP contribution >= 0.6 is 0 Å². The van der Waals surface area contributed by atoms with Crippen molar-refractivity contribution in [3.63, 3.8) is 0 Å². The fourth-order valence-corrected chi connectivity index (χ4v) is 2.14. The largest absolute Gasteiger partial charge is 0.506 e. The molecule has 0 radical (unpaired) electrons. The minimum Gasteiger partial charge on any atom is -0.506 e.